The lowest BCUT2D eigenvalue weighted by Crippen LogP contribution is -2.50. The Morgan fingerprint density at radius 1 is 1.24 bits per heavy atom. The van der Waals surface area contributed by atoms with Crippen LogP contribution in [0.2, 0.25) is 0 Å². The Hall–Kier alpha value is -3.26. The van der Waals surface area contributed by atoms with Crippen LogP contribution in [-0.2, 0) is 6.42 Å². The Morgan fingerprint density at radius 3 is 2.59 bits per heavy atom. The number of likely N-dealkylation sites (tertiary alicyclic amines) is 2. The Morgan fingerprint density at radius 2 is 1.97 bits per heavy atom. The van der Waals surface area contributed by atoms with Gasteiger partial charge in [-0.25, -0.2) is 14.2 Å². The first-order valence-electron chi connectivity index (χ1n) is 12.7. The number of aliphatic hydroxyl groups excluding tert-OH is 1. The molecule has 0 radical (unpaired) electrons. The maximum Gasteiger partial charge on any atom is 0.407 e. The molecule has 3 heterocycles. The molecule has 2 aliphatic heterocycles. The van der Waals surface area contributed by atoms with Gasteiger partial charge in [-0.15, -0.1) is 0 Å². The zero-order chi connectivity index (χ0) is 26.5. The van der Waals surface area contributed by atoms with Crippen LogP contribution in [0.5, 0.6) is 5.88 Å². The van der Waals surface area contributed by atoms with Crippen LogP contribution in [0.4, 0.5) is 9.18 Å². The highest BCUT2D eigenvalue weighted by atomic mass is 19.1. The van der Waals surface area contributed by atoms with Crippen molar-refractivity contribution in [3.63, 3.8) is 0 Å². The molecule has 37 heavy (non-hydrogen) atoms. The molecule has 2 fully saturated rings. The Balaban J connectivity index is 1.34. The number of benzene rings is 1. The second-order valence-electron chi connectivity index (χ2n) is 9.93. The van der Waals surface area contributed by atoms with E-state index in [2.05, 4.69) is 11.1 Å². The van der Waals surface area contributed by atoms with Gasteiger partial charge in [0.15, 0.2) is 0 Å². The number of nitriles is 1. The highest BCUT2D eigenvalue weighted by Gasteiger charge is 2.33. The van der Waals surface area contributed by atoms with Crippen molar-refractivity contribution in [2.45, 2.75) is 63.4 Å². The van der Waals surface area contributed by atoms with Gasteiger partial charge in [0.2, 0.25) is 5.88 Å². The summed E-state index contributed by atoms with van der Waals surface area (Å²) in [5.41, 5.74) is 7.97. The summed E-state index contributed by atoms with van der Waals surface area (Å²) in [7, 11) is 0. The predicted molar refractivity (Wildman–Crippen MR) is 135 cm³/mol. The van der Waals surface area contributed by atoms with E-state index in [9.17, 15) is 19.6 Å². The first-order valence-corrected chi connectivity index (χ1v) is 12.7. The number of nitrogens with two attached hydrogens (primary N) is 1. The number of aromatic nitrogens is 1. The van der Waals surface area contributed by atoms with E-state index in [1.54, 1.807) is 29.3 Å². The van der Waals surface area contributed by atoms with Crippen LogP contribution in [0, 0.1) is 23.1 Å². The summed E-state index contributed by atoms with van der Waals surface area (Å²) < 4.78 is 20.9. The number of hydrogen-bond donors (Lipinski definition) is 3. The fraction of sp³-hybridized carbons (Fsp3) is 0.519. The van der Waals surface area contributed by atoms with Crippen LogP contribution in [0.1, 0.15) is 38.2 Å². The maximum atomic E-state index is 14.9. The second-order valence-corrected chi connectivity index (χ2v) is 9.93. The lowest BCUT2D eigenvalue weighted by molar-refractivity contribution is -0.0124. The van der Waals surface area contributed by atoms with Crippen LogP contribution in [-0.4, -0.2) is 75.1 Å². The quantitative estimate of drug-likeness (QED) is 0.492. The van der Waals surface area contributed by atoms with E-state index in [1.807, 2.05) is 13.0 Å². The third-order valence-electron chi connectivity index (χ3n) is 7.52. The fourth-order valence-corrected chi connectivity index (χ4v) is 5.21. The Labute approximate surface area is 216 Å². The number of carbonyl (C=O) groups is 1. The number of aliphatic hydroxyl groups is 1. The molecule has 10 heteroatoms. The van der Waals surface area contributed by atoms with Crippen LogP contribution in [0.3, 0.4) is 0 Å². The van der Waals surface area contributed by atoms with Gasteiger partial charge in [0.05, 0.1) is 12.1 Å². The van der Waals surface area contributed by atoms with Crippen molar-refractivity contribution in [1.29, 1.82) is 5.26 Å². The van der Waals surface area contributed by atoms with Gasteiger partial charge in [0.25, 0.3) is 0 Å². The van der Waals surface area contributed by atoms with E-state index >= 15 is 0 Å². The smallest absolute Gasteiger partial charge is 0.407 e. The molecular formula is C27H34FN5O4. The van der Waals surface area contributed by atoms with E-state index in [4.69, 9.17) is 15.6 Å². The van der Waals surface area contributed by atoms with Crippen molar-refractivity contribution in [2.24, 2.45) is 11.7 Å². The average molecular weight is 512 g/mol. The fourth-order valence-electron chi connectivity index (χ4n) is 5.21. The highest BCUT2D eigenvalue weighted by Crippen LogP contribution is 2.27. The number of ether oxygens (including phenoxy) is 1. The van der Waals surface area contributed by atoms with E-state index in [1.165, 1.54) is 11.0 Å². The molecule has 2 saturated heterocycles. The summed E-state index contributed by atoms with van der Waals surface area (Å²) in [5, 5.41) is 28.9. The molecule has 4 atom stereocenters. The molecule has 0 bridgehead atoms. The Kier molecular flexibility index (Phi) is 8.59. The van der Waals surface area contributed by atoms with Gasteiger partial charge in [-0.2, -0.15) is 5.26 Å². The van der Waals surface area contributed by atoms with Gasteiger partial charge in [-0.1, -0.05) is 12.1 Å². The maximum absolute atomic E-state index is 14.9. The number of halogens is 1. The van der Waals surface area contributed by atoms with Crippen LogP contribution < -0.4 is 10.5 Å². The lowest BCUT2D eigenvalue weighted by atomic mass is 9.92. The summed E-state index contributed by atoms with van der Waals surface area (Å²) in [4.78, 5) is 18.6. The molecule has 0 saturated carbocycles. The molecule has 9 nitrogen and oxygen atoms in total. The predicted octanol–water partition coefficient (Wildman–Crippen LogP) is 3.22. The molecule has 2 aliphatic rings. The second kappa shape index (κ2) is 11.9. The minimum absolute atomic E-state index is 0.102. The number of hydrogen-bond acceptors (Lipinski definition) is 7. The standard InChI is InChI=1S/C27H34FN5O4/c1-17(18-8-11-32(12-9-18)27(35)36)37-25-7-6-21(16-31-25)19-4-5-20(23(28)13-19)14-24(30)26(34)33-10-2-3-22(33)15-29/h4-7,13,16-18,22,24,26,34H,2-3,8-12,14,30H2,1H3,(H,35,36)/t17-,22+,24+,26+/m1/s1. The first kappa shape index (κ1) is 26.8. The molecule has 1 amide bonds. The first-order chi connectivity index (χ1) is 17.8. The molecule has 198 valence electrons. The van der Waals surface area contributed by atoms with Gasteiger partial charge in [-0.3, -0.25) is 4.90 Å². The van der Waals surface area contributed by atoms with Gasteiger partial charge >= 0.3 is 6.09 Å². The van der Waals surface area contributed by atoms with Crippen LogP contribution in [0.25, 0.3) is 11.1 Å². The molecule has 1 aromatic heterocycles. The van der Waals surface area contributed by atoms with Crippen molar-refractivity contribution in [3.8, 4) is 23.1 Å². The summed E-state index contributed by atoms with van der Waals surface area (Å²) in [6.07, 6.45) is 2.81. The largest absolute Gasteiger partial charge is 0.474 e. The summed E-state index contributed by atoms with van der Waals surface area (Å²) in [6, 6.07) is 9.57. The number of piperidine rings is 1. The number of nitrogens with zero attached hydrogens (tertiary/aromatic N) is 4. The highest BCUT2D eigenvalue weighted by molar-refractivity contribution is 5.65. The van der Waals surface area contributed by atoms with Gasteiger partial charge in [0, 0.05) is 43.5 Å². The number of amides is 1. The third kappa shape index (κ3) is 6.36. The monoisotopic (exact) mass is 511 g/mol. The van der Waals surface area contributed by atoms with E-state index in [0.717, 1.165) is 24.8 Å². The SMILES string of the molecule is C[C@@H](Oc1ccc(-c2ccc(C[C@H](N)[C@H](O)N3CCC[C@H]3C#N)c(F)c2)cn1)C1CCN(C(=O)O)CC1. The average Bonchev–Trinajstić information content (AvgIpc) is 3.39. The van der Waals surface area contributed by atoms with E-state index in [0.29, 0.717) is 43.1 Å². The van der Waals surface area contributed by atoms with Crippen molar-refractivity contribution in [1.82, 2.24) is 14.8 Å². The molecule has 4 rings (SSSR count). The summed E-state index contributed by atoms with van der Waals surface area (Å²) in [6.45, 7) is 3.58. The van der Waals surface area contributed by atoms with Crippen molar-refractivity contribution in [3.05, 3.63) is 47.9 Å². The Bertz CT molecular complexity index is 1120. The van der Waals surface area contributed by atoms with Crippen molar-refractivity contribution >= 4 is 6.09 Å². The number of pyridine rings is 1. The van der Waals surface area contributed by atoms with Crippen molar-refractivity contribution in [2.75, 3.05) is 19.6 Å². The van der Waals surface area contributed by atoms with Crippen LogP contribution in [0.15, 0.2) is 36.5 Å². The van der Waals surface area contributed by atoms with Crippen molar-refractivity contribution < 1.29 is 24.1 Å². The number of rotatable bonds is 8. The third-order valence-corrected chi connectivity index (χ3v) is 7.52. The minimum Gasteiger partial charge on any atom is -0.474 e. The van der Waals surface area contributed by atoms with Crippen LogP contribution >= 0.6 is 0 Å². The zero-order valence-corrected chi connectivity index (χ0v) is 21.0. The normalized spacial score (nSPS) is 21.3. The molecule has 1 aromatic carbocycles. The summed E-state index contributed by atoms with van der Waals surface area (Å²) >= 11 is 0. The van der Waals surface area contributed by atoms with E-state index < -0.39 is 24.2 Å². The molecule has 0 aliphatic carbocycles. The lowest BCUT2D eigenvalue weighted by Gasteiger charge is -2.33. The molecule has 2 aromatic rings. The van der Waals surface area contributed by atoms with Gasteiger partial charge in [0.1, 0.15) is 18.1 Å². The minimum atomic E-state index is -1.00. The topological polar surface area (TPSA) is 136 Å². The van der Waals surface area contributed by atoms with Gasteiger partial charge in [-0.05, 0) is 68.2 Å². The van der Waals surface area contributed by atoms with Gasteiger partial charge < -0.3 is 25.6 Å². The molecule has 0 unspecified atom stereocenters. The summed E-state index contributed by atoms with van der Waals surface area (Å²) in [5.74, 6) is 0.298. The molecule has 0 spiro atoms. The zero-order valence-electron chi connectivity index (χ0n) is 21.0. The van der Waals surface area contributed by atoms with E-state index in [-0.39, 0.29) is 24.5 Å². The molecule has 4 N–H and O–H groups in total. The molecular weight excluding hydrogens is 477 g/mol. The number of carboxylic acid groups (broad SMARTS) is 1.